The van der Waals surface area contributed by atoms with Gasteiger partial charge in [-0.3, -0.25) is 10.3 Å². The topological polar surface area (TPSA) is 134 Å². The predicted octanol–water partition coefficient (Wildman–Crippen LogP) is 5.28. The van der Waals surface area contributed by atoms with E-state index in [0.29, 0.717) is 30.5 Å². The van der Waals surface area contributed by atoms with Crippen LogP contribution in [0.3, 0.4) is 0 Å². The number of amides is 2. The fraction of sp³-hybridized carbons (Fsp3) is 0.250. The SMILES string of the molecule is CC(C)c1c(-c2cccnc2)noc1NC(=O)Nc1ccc(-c2cc3c(N4CCOCC4)ncnc3[nH]2)cc1. The molecule has 4 aromatic heterocycles. The van der Waals surface area contributed by atoms with Crippen LogP contribution in [0.15, 0.2) is 65.7 Å². The van der Waals surface area contributed by atoms with Crippen LogP contribution < -0.4 is 15.5 Å². The van der Waals surface area contributed by atoms with E-state index in [2.05, 4.69) is 46.7 Å². The number of aromatic nitrogens is 5. The van der Waals surface area contributed by atoms with Crippen LogP contribution in [-0.4, -0.2) is 57.4 Å². The lowest BCUT2D eigenvalue weighted by molar-refractivity contribution is 0.122. The molecule has 5 aromatic rings. The van der Waals surface area contributed by atoms with E-state index in [1.807, 2.05) is 50.2 Å². The minimum atomic E-state index is -0.422. The van der Waals surface area contributed by atoms with Crippen molar-refractivity contribution in [2.45, 2.75) is 19.8 Å². The summed E-state index contributed by atoms with van der Waals surface area (Å²) in [5.41, 5.74) is 5.60. The van der Waals surface area contributed by atoms with Crippen molar-refractivity contribution in [3.63, 3.8) is 0 Å². The molecule has 11 heteroatoms. The van der Waals surface area contributed by atoms with Crippen molar-refractivity contribution in [2.24, 2.45) is 0 Å². The van der Waals surface area contributed by atoms with Crippen molar-refractivity contribution in [1.82, 2.24) is 25.1 Å². The first kappa shape index (κ1) is 24.6. The van der Waals surface area contributed by atoms with Crippen molar-refractivity contribution in [2.75, 3.05) is 41.8 Å². The third-order valence-corrected chi connectivity index (χ3v) is 6.64. The minimum absolute atomic E-state index is 0.0748. The average Bonchev–Trinajstić information content (AvgIpc) is 3.59. The number of aromatic amines is 1. The second-order valence-electron chi connectivity index (χ2n) is 9.57. The molecule has 11 nitrogen and oxygen atoms in total. The molecule has 1 saturated heterocycles. The first-order chi connectivity index (χ1) is 19.1. The number of nitrogens with one attached hydrogen (secondary N) is 3. The number of anilines is 3. The molecule has 198 valence electrons. The molecule has 0 unspecified atom stereocenters. The number of carbonyl (C=O) groups excluding carboxylic acids is 1. The van der Waals surface area contributed by atoms with Crippen molar-refractivity contribution >= 4 is 34.5 Å². The van der Waals surface area contributed by atoms with Gasteiger partial charge in [0.1, 0.15) is 23.5 Å². The molecule has 6 rings (SSSR count). The molecule has 3 N–H and O–H groups in total. The van der Waals surface area contributed by atoms with Gasteiger partial charge in [0, 0.05) is 48.0 Å². The van der Waals surface area contributed by atoms with Crippen LogP contribution in [-0.2, 0) is 4.74 Å². The largest absolute Gasteiger partial charge is 0.378 e. The number of rotatable bonds is 6. The summed E-state index contributed by atoms with van der Waals surface area (Å²) in [6.45, 7) is 7.01. The number of hydrogen-bond acceptors (Lipinski definition) is 8. The number of nitrogens with zero attached hydrogens (tertiary/aromatic N) is 5. The van der Waals surface area contributed by atoms with E-state index in [1.165, 1.54) is 0 Å². The number of ether oxygens (including phenoxy) is 1. The molecule has 0 aliphatic carbocycles. The highest BCUT2D eigenvalue weighted by molar-refractivity contribution is 6.00. The van der Waals surface area contributed by atoms with Gasteiger partial charge in [0.2, 0.25) is 5.88 Å². The summed E-state index contributed by atoms with van der Waals surface area (Å²) < 4.78 is 11.0. The number of urea groups is 1. The lowest BCUT2D eigenvalue weighted by atomic mass is 9.99. The summed E-state index contributed by atoms with van der Waals surface area (Å²) in [7, 11) is 0. The Morgan fingerprint density at radius 1 is 1.05 bits per heavy atom. The van der Waals surface area contributed by atoms with Crippen LogP contribution in [0.25, 0.3) is 33.5 Å². The van der Waals surface area contributed by atoms with Crippen molar-refractivity contribution < 1.29 is 14.1 Å². The monoisotopic (exact) mass is 524 g/mol. The Labute approximate surface area is 224 Å². The van der Waals surface area contributed by atoms with Gasteiger partial charge in [-0.05, 0) is 41.8 Å². The van der Waals surface area contributed by atoms with Gasteiger partial charge in [-0.1, -0.05) is 31.1 Å². The highest BCUT2D eigenvalue weighted by Gasteiger charge is 2.22. The fourth-order valence-electron chi connectivity index (χ4n) is 4.74. The number of pyridine rings is 1. The summed E-state index contributed by atoms with van der Waals surface area (Å²) in [4.78, 5) is 31.5. The number of benzene rings is 1. The maximum atomic E-state index is 12.8. The van der Waals surface area contributed by atoms with Gasteiger partial charge in [-0.15, -0.1) is 0 Å². The van der Waals surface area contributed by atoms with E-state index in [0.717, 1.165) is 52.3 Å². The van der Waals surface area contributed by atoms with Crippen LogP contribution in [0.4, 0.5) is 22.2 Å². The molecule has 39 heavy (non-hydrogen) atoms. The molecule has 5 heterocycles. The van der Waals surface area contributed by atoms with Gasteiger partial charge in [0.05, 0.1) is 18.6 Å². The third-order valence-electron chi connectivity index (χ3n) is 6.64. The average molecular weight is 525 g/mol. The van der Waals surface area contributed by atoms with Gasteiger partial charge in [0.15, 0.2) is 0 Å². The summed E-state index contributed by atoms with van der Waals surface area (Å²) in [5, 5.41) is 10.8. The van der Waals surface area contributed by atoms with Gasteiger partial charge < -0.3 is 24.5 Å². The Balaban J connectivity index is 1.17. The van der Waals surface area contributed by atoms with Crippen LogP contribution >= 0.6 is 0 Å². The Bertz CT molecular complexity index is 1590. The quantitative estimate of drug-likeness (QED) is 0.273. The maximum Gasteiger partial charge on any atom is 0.326 e. The molecular formula is C28H28N8O3. The molecular weight excluding hydrogens is 496 g/mol. The zero-order chi connectivity index (χ0) is 26.8. The molecule has 1 aliphatic rings. The fourth-order valence-corrected chi connectivity index (χ4v) is 4.74. The summed E-state index contributed by atoms with van der Waals surface area (Å²) in [6.07, 6.45) is 5.00. The molecule has 0 atom stereocenters. The smallest absolute Gasteiger partial charge is 0.326 e. The summed E-state index contributed by atoms with van der Waals surface area (Å²) in [5.74, 6) is 1.29. The van der Waals surface area contributed by atoms with Gasteiger partial charge in [0.25, 0.3) is 0 Å². The first-order valence-electron chi connectivity index (χ1n) is 12.8. The van der Waals surface area contributed by atoms with Gasteiger partial charge >= 0.3 is 6.03 Å². The van der Waals surface area contributed by atoms with Crippen LogP contribution in [0.1, 0.15) is 25.3 Å². The molecule has 0 saturated carbocycles. The first-order valence-corrected chi connectivity index (χ1v) is 12.8. The number of carbonyl (C=O) groups is 1. The molecule has 1 aromatic carbocycles. The van der Waals surface area contributed by atoms with Crippen molar-refractivity contribution in [3.8, 4) is 22.5 Å². The van der Waals surface area contributed by atoms with Gasteiger partial charge in [-0.25, -0.2) is 14.8 Å². The Morgan fingerprint density at radius 3 is 2.62 bits per heavy atom. The molecule has 0 radical (unpaired) electrons. The second kappa shape index (κ2) is 10.5. The highest BCUT2D eigenvalue weighted by atomic mass is 16.5. The molecule has 0 spiro atoms. The van der Waals surface area contributed by atoms with Crippen molar-refractivity contribution in [3.05, 3.63) is 66.7 Å². The maximum absolute atomic E-state index is 12.8. The molecule has 1 aliphatic heterocycles. The number of morpholine rings is 1. The van der Waals surface area contributed by atoms with E-state index in [9.17, 15) is 4.79 Å². The Kier molecular flexibility index (Phi) is 6.64. The standard InChI is InChI=1S/C28H28N8O3/c1-17(2)23-24(19-4-3-9-29-15-19)35-39-27(23)34-28(37)32-20-7-5-18(6-8-20)22-14-21-25(33-22)30-16-31-26(21)36-10-12-38-13-11-36/h3-9,14-17H,10-13H2,1-2H3,(H,30,31,33)(H2,32,34,37). The van der Waals surface area contributed by atoms with Crippen LogP contribution in [0.2, 0.25) is 0 Å². The molecule has 0 bridgehead atoms. The van der Waals surface area contributed by atoms with Crippen molar-refractivity contribution in [1.29, 1.82) is 0 Å². The Morgan fingerprint density at radius 2 is 1.87 bits per heavy atom. The number of hydrogen-bond donors (Lipinski definition) is 3. The second-order valence-corrected chi connectivity index (χ2v) is 9.57. The van der Waals surface area contributed by atoms with E-state index in [4.69, 9.17) is 9.26 Å². The minimum Gasteiger partial charge on any atom is -0.378 e. The summed E-state index contributed by atoms with van der Waals surface area (Å²) in [6, 6.07) is 13.0. The third kappa shape index (κ3) is 5.04. The summed E-state index contributed by atoms with van der Waals surface area (Å²) >= 11 is 0. The normalized spacial score (nSPS) is 13.7. The lowest BCUT2D eigenvalue weighted by Crippen LogP contribution is -2.36. The lowest BCUT2D eigenvalue weighted by Gasteiger charge is -2.27. The zero-order valence-corrected chi connectivity index (χ0v) is 21.6. The van der Waals surface area contributed by atoms with Crippen LogP contribution in [0, 0.1) is 0 Å². The number of fused-ring (bicyclic) bond motifs is 1. The van der Waals surface area contributed by atoms with E-state index in [-0.39, 0.29) is 5.92 Å². The van der Waals surface area contributed by atoms with E-state index >= 15 is 0 Å². The van der Waals surface area contributed by atoms with Crippen LogP contribution in [0.5, 0.6) is 0 Å². The zero-order valence-electron chi connectivity index (χ0n) is 21.6. The molecule has 1 fully saturated rings. The predicted molar refractivity (Wildman–Crippen MR) is 149 cm³/mol. The van der Waals surface area contributed by atoms with Gasteiger partial charge in [-0.2, -0.15) is 0 Å². The Hall–Kier alpha value is -4.77. The highest BCUT2D eigenvalue weighted by Crippen LogP contribution is 2.34. The van der Waals surface area contributed by atoms with E-state index in [1.54, 1.807) is 18.7 Å². The molecule has 2 amide bonds. The number of H-pyrrole nitrogens is 1. The van der Waals surface area contributed by atoms with E-state index < -0.39 is 6.03 Å².